The van der Waals surface area contributed by atoms with E-state index in [0.717, 1.165) is 19.4 Å². The smallest absolute Gasteiger partial charge is 0.120 e. The molecule has 1 fully saturated rings. The summed E-state index contributed by atoms with van der Waals surface area (Å²) in [5.41, 5.74) is -0.193. The molecule has 0 aliphatic carbocycles. The molecule has 1 aromatic rings. The van der Waals surface area contributed by atoms with Gasteiger partial charge in [-0.25, -0.2) is 0 Å². The van der Waals surface area contributed by atoms with Gasteiger partial charge in [-0.15, -0.1) is 0 Å². The van der Waals surface area contributed by atoms with Crippen molar-refractivity contribution in [1.29, 1.82) is 0 Å². The number of rotatable bonds is 4. The molecule has 2 heterocycles. The first-order chi connectivity index (χ1) is 8.57. The fourth-order valence-electron chi connectivity index (χ4n) is 2.61. The lowest BCUT2D eigenvalue weighted by molar-refractivity contribution is -0.0351. The van der Waals surface area contributed by atoms with E-state index in [1.807, 2.05) is 7.05 Å². The zero-order chi connectivity index (χ0) is 13.2. The molecule has 1 aromatic heterocycles. The summed E-state index contributed by atoms with van der Waals surface area (Å²) < 4.78 is 6.81. The number of aromatic nitrogens is 2. The molecule has 1 aliphatic rings. The van der Waals surface area contributed by atoms with Crippen molar-refractivity contribution in [3.63, 3.8) is 0 Å². The second kappa shape index (κ2) is 5.57. The van der Waals surface area contributed by atoms with Gasteiger partial charge in [0.05, 0.1) is 30.1 Å². The number of ether oxygens (including phenoxy) is 1. The van der Waals surface area contributed by atoms with Crippen LogP contribution in [0.3, 0.4) is 0 Å². The van der Waals surface area contributed by atoms with Crippen LogP contribution in [0, 0.1) is 0 Å². The fraction of sp³-hybridized carbons (Fsp3) is 0.750. The second-order valence-corrected chi connectivity index (χ2v) is 5.34. The van der Waals surface area contributed by atoms with E-state index in [-0.39, 0.29) is 0 Å². The number of β-amino-alcohol motifs (C(OH)–C–C–N with tert-alkyl or cyclic N) is 1. The molecule has 5 nitrogen and oxygen atoms in total. The van der Waals surface area contributed by atoms with Gasteiger partial charge in [-0.1, -0.05) is 11.6 Å². The highest BCUT2D eigenvalue weighted by Crippen LogP contribution is 2.35. The van der Waals surface area contributed by atoms with Crippen LogP contribution in [0.2, 0.25) is 5.02 Å². The minimum absolute atomic E-state index is 0.531. The van der Waals surface area contributed by atoms with Crippen LogP contribution in [0.1, 0.15) is 18.5 Å². The standard InChI is InChI=1S/C12H20ClN3O2/c1-15-5-3-4-12(17,9-15)11-10(13)8-14-16(11)6-7-18-2/h8,17H,3-7,9H2,1-2H3. The van der Waals surface area contributed by atoms with E-state index in [0.29, 0.717) is 30.4 Å². The molecule has 0 saturated carbocycles. The lowest BCUT2D eigenvalue weighted by Crippen LogP contribution is -2.45. The number of likely N-dealkylation sites (N-methyl/N-ethyl adjacent to an activating group) is 1. The van der Waals surface area contributed by atoms with Crippen molar-refractivity contribution < 1.29 is 9.84 Å². The summed E-state index contributed by atoms with van der Waals surface area (Å²) in [6, 6.07) is 0. The quantitative estimate of drug-likeness (QED) is 0.893. The zero-order valence-electron chi connectivity index (χ0n) is 10.9. The van der Waals surface area contributed by atoms with Gasteiger partial charge in [0.25, 0.3) is 0 Å². The largest absolute Gasteiger partial charge is 0.383 e. The minimum atomic E-state index is -0.908. The molecule has 0 spiro atoms. The number of halogens is 1. The molecular formula is C12H20ClN3O2. The van der Waals surface area contributed by atoms with Crippen molar-refractivity contribution in [2.24, 2.45) is 0 Å². The van der Waals surface area contributed by atoms with Crippen LogP contribution in [0.15, 0.2) is 6.20 Å². The predicted molar refractivity (Wildman–Crippen MR) is 69.7 cm³/mol. The lowest BCUT2D eigenvalue weighted by Gasteiger charge is -2.37. The third-order valence-electron chi connectivity index (χ3n) is 3.40. The van der Waals surface area contributed by atoms with E-state index in [1.165, 1.54) is 0 Å². The number of hydrogen-bond acceptors (Lipinski definition) is 4. The van der Waals surface area contributed by atoms with Crippen molar-refractivity contribution in [1.82, 2.24) is 14.7 Å². The molecule has 1 saturated heterocycles. The molecule has 1 aliphatic heterocycles. The van der Waals surface area contributed by atoms with Crippen LogP contribution in [0.25, 0.3) is 0 Å². The van der Waals surface area contributed by atoms with Crippen LogP contribution in [-0.4, -0.2) is 53.6 Å². The van der Waals surface area contributed by atoms with Crippen LogP contribution in [-0.2, 0) is 16.9 Å². The SMILES string of the molecule is COCCn1ncc(Cl)c1C1(O)CCCN(C)C1. The summed E-state index contributed by atoms with van der Waals surface area (Å²) in [5.74, 6) is 0. The van der Waals surface area contributed by atoms with E-state index >= 15 is 0 Å². The number of aliphatic hydroxyl groups is 1. The normalized spacial score (nSPS) is 25.6. The van der Waals surface area contributed by atoms with Gasteiger partial charge in [-0.2, -0.15) is 5.10 Å². The minimum Gasteiger partial charge on any atom is -0.383 e. The summed E-state index contributed by atoms with van der Waals surface area (Å²) in [6.07, 6.45) is 3.27. The Kier molecular flexibility index (Phi) is 4.27. The van der Waals surface area contributed by atoms with E-state index in [4.69, 9.17) is 16.3 Å². The monoisotopic (exact) mass is 273 g/mol. The highest BCUT2D eigenvalue weighted by atomic mass is 35.5. The van der Waals surface area contributed by atoms with Crippen LogP contribution in [0.4, 0.5) is 0 Å². The first-order valence-electron chi connectivity index (χ1n) is 6.18. The third-order valence-corrected chi connectivity index (χ3v) is 3.68. The molecule has 6 heteroatoms. The lowest BCUT2D eigenvalue weighted by atomic mass is 9.89. The molecular weight excluding hydrogens is 254 g/mol. The Bertz CT molecular complexity index is 410. The van der Waals surface area contributed by atoms with Crippen molar-refractivity contribution in [2.45, 2.75) is 25.0 Å². The van der Waals surface area contributed by atoms with E-state index < -0.39 is 5.60 Å². The number of piperidine rings is 1. The predicted octanol–water partition coefficient (Wildman–Crippen LogP) is 1.10. The number of methoxy groups -OCH3 is 1. The number of nitrogens with zero attached hydrogens (tertiary/aromatic N) is 3. The second-order valence-electron chi connectivity index (χ2n) is 4.93. The van der Waals surface area contributed by atoms with Gasteiger partial charge >= 0.3 is 0 Å². The summed E-state index contributed by atoms with van der Waals surface area (Å²) in [7, 11) is 3.65. The molecule has 1 N–H and O–H groups in total. The Labute approximate surface area is 112 Å². The van der Waals surface area contributed by atoms with Crippen LogP contribution >= 0.6 is 11.6 Å². The maximum absolute atomic E-state index is 10.8. The molecule has 1 unspecified atom stereocenters. The molecule has 0 aromatic carbocycles. The molecule has 18 heavy (non-hydrogen) atoms. The van der Waals surface area contributed by atoms with Crippen molar-refractivity contribution in [3.05, 3.63) is 16.9 Å². The van der Waals surface area contributed by atoms with Gasteiger partial charge in [0.15, 0.2) is 0 Å². The molecule has 0 bridgehead atoms. The van der Waals surface area contributed by atoms with Gasteiger partial charge in [-0.3, -0.25) is 4.68 Å². The van der Waals surface area contributed by atoms with Crippen molar-refractivity contribution in [2.75, 3.05) is 33.9 Å². The maximum Gasteiger partial charge on any atom is 0.120 e. The zero-order valence-corrected chi connectivity index (χ0v) is 11.7. The summed E-state index contributed by atoms with van der Waals surface area (Å²) in [6.45, 7) is 2.75. The number of likely N-dealkylation sites (tertiary alicyclic amines) is 1. The first-order valence-corrected chi connectivity index (χ1v) is 6.56. The topological polar surface area (TPSA) is 50.5 Å². The van der Waals surface area contributed by atoms with Gasteiger partial charge in [0.1, 0.15) is 5.60 Å². The van der Waals surface area contributed by atoms with Crippen molar-refractivity contribution in [3.8, 4) is 0 Å². The fourth-order valence-corrected chi connectivity index (χ4v) is 2.93. The summed E-state index contributed by atoms with van der Waals surface area (Å²) in [4.78, 5) is 2.12. The number of hydrogen-bond donors (Lipinski definition) is 1. The van der Waals surface area contributed by atoms with Crippen LogP contribution < -0.4 is 0 Å². The third kappa shape index (κ3) is 2.69. The Morgan fingerprint density at radius 2 is 2.39 bits per heavy atom. The highest BCUT2D eigenvalue weighted by molar-refractivity contribution is 6.31. The Morgan fingerprint density at radius 3 is 3.06 bits per heavy atom. The molecule has 0 radical (unpaired) electrons. The van der Waals surface area contributed by atoms with E-state index in [2.05, 4.69) is 10.00 Å². The van der Waals surface area contributed by atoms with Gasteiger partial charge in [0.2, 0.25) is 0 Å². The Morgan fingerprint density at radius 1 is 1.61 bits per heavy atom. The molecule has 1 atom stereocenters. The van der Waals surface area contributed by atoms with E-state index in [1.54, 1.807) is 18.0 Å². The molecule has 102 valence electrons. The maximum atomic E-state index is 10.8. The first kappa shape index (κ1) is 13.8. The Balaban J connectivity index is 2.27. The highest BCUT2D eigenvalue weighted by Gasteiger charge is 2.38. The van der Waals surface area contributed by atoms with Gasteiger partial charge in [-0.05, 0) is 26.4 Å². The van der Waals surface area contributed by atoms with Gasteiger partial charge < -0.3 is 14.7 Å². The molecule has 0 amide bonds. The average molecular weight is 274 g/mol. The summed E-state index contributed by atoms with van der Waals surface area (Å²) >= 11 is 6.19. The van der Waals surface area contributed by atoms with E-state index in [9.17, 15) is 5.11 Å². The van der Waals surface area contributed by atoms with Crippen LogP contribution in [0.5, 0.6) is 0 Å². The average Bonchev–Trinajstić information content (AvgIpc) is 2.68. The molecule has 2 rings (SSSR count). The Hall–Kier alpha value is -0.620. The van der Waals surface area contributed by atoms with Gasteiger partial charge in [0, 0.05) is 13.7 Å². The van der Waals surface area contributed by atoms with Crippen molar-refractivity contribution >= 4 is 11.6 Å². The summed E-state index contributed by atoms with van der Waals surface area (Å²) in [5, 5.41) is 15.6.